The predicted molar refractivity (Wildman–Crippen MR) is 106 cm³/mol. The fourth-order valence-electron chi connectivity index (χ4n) is 3.61. The summed E-state index contributed by atoms with van der Waals surface area (Å²) in [4.78, 5) is 2.42. The molecule has 0 spiro atoms. The summed E-state index contributed by atoms with van der Waals surface area (Å²) in [5.41, 5.74) is 11.6. The number of fused-ring (bicyclic) bond motifs is 1. The standard InChI is InChI=1S/C21H20N4OS/c1-4-13-5-7-14(8-6-13)17-16(10-22)20(23)26-21-18(17)19(24-25-21)15-9-11(2)27-12(15)3/h5-9,17H,4,23H2,1-3H3,(H,24,25). The van der Waals surface area contributed by atoms with E-state index in [2.05, 4.69) is 67.4 Å². The fourth-order valence-corrected chi connectivity index (χ4v) is 4.54. The Labute approximate surface area is 162 Å². The van der Waals surface area contributed by atoms with Crippen LogP contribution in [0.5, 0.6) is 5.88 Å². The van der Waals surface area contributed by atoms with Crippen molar-refractivity contribution in [3.05, 3.63) is 68.2 Å². The maximum atomic E-state index is 9.78. The molecule has 0 bridgehead atoms. The number of aromatic nitrogens is 2. The van der Waals surface area contributed by atoms with Crippen LogP contribution in [0.1, 0.15) is 39.3 Å². The zero-order valence-electron chi connectivity index (χ0n) is 15.5. The molecule has 136 valence electrons. The van der Waals surface area contributed by atoms with Crippen LogP contribution < -0.4 is 10.5 Å². The summed E-state index contributed by atoms with van der Waals surface area (Å²) in [7, 11) is 0. The van der Waals surface area contributed by atoms with E-state index < -0.39 is 0 Å². The number of nitrogens with zero attached hydrogens (tertiary/aromatic N) is 2. The van der Waals surface area contributed by atoms with Crippen LogP contribution >= 0.6 is 11.3 Å². The largest absolute Gasteiger partial charge is 0.420 e. The summed E-state index contributed by atoms with van der Waals surface area (Å²) in [6.45, 7) is 6.29. The lowest BCUT2D eigenvalue weighted by molar-refractivity contribution is 0.379. The second kappa shape index (κ2) is 6.60. The third-order valence-corrected chi connectivity index (χ3v) is 5.94. The van der Waals surface area contributed by atoms with Crippen LogP contribution in [-0.4, -0.2) is 10.2 Å². The van der Waals surface area contributed by atoms with Crippen LogP contribution in [-0.2, 0) is 6.42 Å². The van der Waals surface area contributed by atoms with E-state index in [-0.39, 0.29) is 11.8 Å². The van der Waals surface area contributed by atoms with Crippen molar-refractivity contribution in [2.75, 3.05) is 0 Å². The van der Waals surface area contributed by atoms with Crippen molar-refractivity contribution in [1.29, 1.82) is 5.26 Å². The predicted octanol–water partition coefficient (Wildman–Crippen LogP) is 4.54. The number of thiophene rings is 1. The van der Waals surface area contributed by atoms with Crippen LogP contribution in [0.3, 0.4) is 0 Å². The summed E-state index contributed by atoms with van der Waals surface area (Å²) in [5, 5.41) is 17.2. The Balaban J connectivity index is 1.93. The number of nitrogens with two attached hydrogens (primary N) is 1. The van der Waals surface area contributed by atoms with Crippen molar-refractivity contribution in [2.45, 2.75) is 33.1 Å². The van der Waals surface area contributed by atoms with Crippen LogP contribution in [0.4, 0.5) is 0 Å². The van der Waals surface area contributed by atoms with Crippen molar-refractivity contribution < 1.29 is 4.74 Å². The van der Waals surface area contributed by atoms with E-state index in [1.807, 2.05) is 0 Å². The smallest absolute Gasteiger partial charge is 0.244 e. The van der Waals surface area contributed by atoms with Crippen molar-refractivity contribution >= 4 is 11.3 Å². The van der Waals surface area contributed by atoms with E-state index in [1.54, 1.807) is 11.3 Å². The van der Waals surface area contributed by atoms with E-state index in [0.29, 0.717) is 11.5 Å². The molecular formula is C21H20N4OS. The average molecular weight is 376 g/mol. The van der Waals surface area contributed by atoms with Crippen LogP contribution in [0.2, 0.25) is 0 Å². The number of hydrogen-bond acceptors (Lipinski definition) is 5. The molecule has 1 aliphatic rings. The number of rotatable bonds is 3. The number of benzene rings is 1. The molecule has 3 N–H and O–H groups in total. The maximum absolute atomic E-state index is 9.78. The molecule has 2 aromatic heterocycles. The number of ether oxygens (including phenoxy) is 1. The molecule has 0 saturated heterocycles. The maximum Gasteiger partial charge on any atom is 0.244 e. The van der Waals surface area contributed by atoms with Gasteiger partial charge in [0, 0.05) is 15.3 Å². The van der Waals surface area contributed by atoms with Gasteiger partial charge >= 0.3 is 0 Å². The van der Waals surface area contributed by atoms with Gasteiger partial charge in [0.25, 0.3) is 0 Å². The first-order chi connectivity index (χ1) is 13.0. The van der Waals surface area contributed by atoms with Crippen LogP contribution in [0.25, 0.3) is 11.3 Å². The minimum absolute atomic E-state index is 0.117. The van der Waals surface area contributed by atoms with Gasteiger partial charge < -0.3 is 10.5 Å². The summed E-state index contributed by atoms with van der Waals surface area (Å²) < 4.78 is 5.68. The molecule has 1 aromatic carbocycles. The summed E-state index contributed by atoms with van der Waals surface area (Å²) in [5.74, 6) is 0.248. The Morgan fingerprint density at radius 1 is 1.30 bits per heavy atom. The normalized spacial score (nSPS) is 16.0. The molecule has 0 fully saturated rings. The molecule has 0 amide bonds. The second-order valence-electron chi connectivity index (χ2n) is 6.66. The number of aromatic amines is 1. The highest BCUT2D eigenvalue weighted by atomic mass is 32.1. The zero-order valence-corrected chi connectivity index (χ0v) is 16.3. The van der Waals surface area contributed by atoms with Gasteiger partial charge in [0.2, 0.25) is 11.8 Å². The van der Waals surface area contributed by atoms with Gasteiger partial charge in [-0.1, -0.05) is 31.2 Å². The Kier molecular flexibility index (Phi) is 4.25. The molecular weight excluding hydrogens is 356 g/mol. The first kappa shape index (κ1) is 17.4. The number of aryl methyl sites for hydroxylation is 3. The molecule has 5 nitrogen and oxygen atoms in total. The first-order valence-corrected chi connectivity index (χ1v) is 9.67. The van der Waals surface area contributed by atoms with Crippen molar-refractivity contribution in [3.63, 3.8) is 0 Å². The molecule has 0 aliphatic carbocycles. The van der Waals surface area contributed by atoms with Crippen molar-refractivity contribution in [3.8, 4) is 23.2 Å². The highest BCUT2D eigenvalue weighted by Crippen LogP contribution is 2.46. The number of allylic oxidation sites excluding steroid dienone is 1. The lowest BCUT2D eigenvalue weighted by atomic mass is 9.82. The van der Waals surface area contributed by atoms with Gasteiger partial charge in [0.1, 0.15) is 11.6 Å². The highest BCUT2D eigenvalue weighted by Gasteiger charge is 2.36. The lowest BCUT2D eigenvalue weighted by Gasteiger charge is -2.24. The van der Waals surface area contributed by atoms with Gasteiger partial charge in [-0.3, -0.25) is 5.10 Å². The quantitative estimate of drug-likeness (QED) is 0.703. The van der Waals surface area contributed by atoms with Gasteiger partial charge in [-0.15, -0.1) is 16.4 Å². The number of H-pyrrole nitrogens is 1. The van der Waals surface area contributed by atoms with E-state index in [1.165, 1.54) is 15.3 Å². The molecule has 3 aromatic rings. The zero-order chi connectivity index (χ0) is 19.1. The monoisotopic (exact) mass is 376 g/mol. The highest BCUT2D eigenvalue weighted by molar-refractivity contribution is 7.12. The Bertz CT molecular complexity index is 1080. The molecule has 3 heterocycles. The molecule has 1 aliphatic heterocycles. The molecule has 6 heteroatoms. The third-order valence-electron chi connectivity index (χ3n) is 4.97. The first-order valence-electron chi connectivity index (χ1n) is 8.85. The van der Waals surface area contributed by atoms with Gasteiger partial charge in [0.05, 0.1) is 17.2 Å². The lowest BCUT2D eigenvalue weighted by Crippen LogP contribution is -2.21. The SMILES string of the molecule is CCc1ccc(C2C(C#N)=C(N)Oc3n[nH]c(-c4cc(C)sc4C)c32)cc1. The molecule has 0 radical (unpaired) electrons. The molecule has 27 heavy (non-hydrogen) atoms. The minimum Gasteiger partial charge on any atom is -0.420 e. The topological polar surface area (TPSA) is 87.7 Å². The average Bonchev–Trinajstić information content (AvgIpc) is 3.22. The van der Waals surface area contributed by atoms with E-state index in [9.17, 15) is 5.26 Å². The van der Waals surface area contributed by atoms with Crippen LogP contribution in [0.15, 0.2) is 41.8 Å². The molecule has 4 rings (SSSR count). The summed E-state index contributed by atoms with van der Waals surface area (Å²) in [6, 6.07) is 12.7. The number of hydrogen-bond donors (Lipinski definition) is 2. The van der Waals surface area contributed by atoms with Gasteiger partial charge in [0.15, 0.2) is 0 Å². The van der Waals surface area contributed by atoms with Crippen molar-refractivity contribution in [1.82, 2.24) is 10.2 Å². The van der Waals surface area contributed by atoms with Crippen LogP contribution in [0, 0.1) is 25.2 Å². The second-order valence-corrected chi connectivity index (χ2v) is 8.12. The third kappa shape index (κ3) is 2.81. The Hall–Kier alpha value is -3.04. The van der Waals surface area contributed by atoms with E-state index in [0.717, 1.165) is 28.8 Å². The summed E-state index contributed by atoms with van der Waals surface area (Å²) in [6.07, 6.45) is 0.965. The Morgan fingerprint density at radius 2 is 2.04 bits per heavy atom. The molecule has 1 atom stereocenters. The van der Waals surface area contributed by atoms with Gasteiger partial charge in [-0.25, -0.2) is 0 Å². The van der Waals surface area contributed by atoms with Gasteiger partial charge in [-0.05, 0) is 37.5 Å². The van der Waals surface area contributed by atoms with Gasteiger partial charge in [-0.2, -0.15) is 5.26 Å². The molecule has 1 unspecified atom stereocenters. The fraction of sp³-hybridized carbons (Fsp3) is 0.238. The van der Waals surface area contributed by atoms with Crippen molar-refractivity contribution in [2.24, 2.45) is 5.73 Å². The van der Waals surface area contributed by atoms with E-state index >= 15 is 0 Å². The number of nitriles is 1. The number of nitrogens with one attached hydrogen (secondary N) is 1. The Morgan fingerprint density at radius 3 is 2.63 bits per heavy atom. The minimum atomic E-state index is -0.307. The summed E-state index contributed by atoms with van der Waals surface area (Å²) >= 11 is 1.74. The molecule has 0 saturated carbocycles. The van der Waals surface area contributed by atoms with E-state index in [4.69, 9.17) is 10.5 Å².